The number of halogens is 2. The first-order valence-electron chi connectivity index (χ1n) is 5.78. The molecule has 4 nitrogen and oxygen atoms in total. The summed E-state index contributed by atoms with van der Waals surface area (Å²) in [4.78, 5) is 10.5. The van der Waals surface area contributed by atoms with E-state index in [9.17, 15) is 10.1 Å². The van der Waals surface area contributed by atoms with Crippen LogP contribution in [0.2, 0.25) is 5.02 Å². The third-order valence-electron chi connectivity index (χ3n) is 2.70. The number of hydrogen-bond donors (Lipinski definition) is 0. The van der Waals surface area contributed by atoms with Crippen LogP contribution in [0.15, 0.2) is 36.4 Å². The van der Waals surface area contributed by atoms with Gasteiger partial charge in [0.05, 0.1) is 4.92 Å². The van der Waals surface area contributed by atoms with Gasteiger partial charge in [-0.15, -0.1) is 0 Å². The molecule has 0 amide bonds. The van der Waals surface area contributed by atoms with Crippen molar-refractivity contribution in [1.82, 2.24) is 0 Å². The second kappa shape index (κ2) is 6.24. The van der Waals surface area contributed by atoms with Crippen molar-refractivity contribution in [2.45, 2.75) is 12.3 Å². The van der Waals surface area contributed by atoms with E-state index in [2.05, 4.69) is 15.9 Å². The molecule has 0 N–H and O–H groups in total. The van der Waals surface area contributed by atoms with Crippen molar-refractivity contribution in [3.05, 3.63) is 62.7 Å². The van der Waals surface area contributed by atoms with Gasteiger partial charge in [-0.05, 0) is 25.1 Å². The minimum absolute atomic E-state index is 0.154. The van der Waals surface area contributed by atoms with E-state index in [1.54, 1.807) is 12.1 Å². The van der Waals surface area contributed by atoms with Crippen molar-refractivity contribution in [3.8, 4) is 11.5 Å². The molecular weight excluding hydrogens is 346 g/mol. The zero-order chi connectivity index (χ0) is 14.7. The van der Waals surface area contributed by atoms with E-state index in [1.807, 2.05) is 19.1 Å². The lowest BCUT2D eigenvalue weighted by atomic mass is 10.1. The number of aryl methyl sites for hydroxylation is 1. The van der Waals surface area contributed by atoms with Crippen LogP contribution in [0, 0.1) is 17.0 Å². The molecule has 0 aliphatic heterocycles. The third kappa shape index (κ3) is 3.29. The Hall–Kier alpha value is -1.59. The zero-order valence-electron chi connectivity index (χ0n) is 10.6. The highest BCUT2D eigenvalue weighted by molar-refractivity contribution is 9.08. The fraction of sp³-hybridized carbons (Fsp3) is 0.143. The van der Waals surface area contributed by atoms with E-state index in [-0.39, 0.29) is 11.4 Å². The minimum atomic E-state index is -0.511. The molecule has 2 aromatic rings. The first kappa shape index (κ1) is 14.8. The van der Waals surface area contributed by atoms with Crippen LogP contribution in [0.3, 0.4) is 0 Å². The molecule has 20 heavy (non-hydrogen) atoms. The fourth-order valence-corrected chi connectivity index (χ4v) is 2.35. The summed E-state index contributed by atoms with van der Waals surface area (Å²) in [7, 11) is 0. The van der Waals surface area contributed by atoms with Crippen molar-refractivity contribution >= 4 is 33.2 Å². The van der Waals surface area contributed by atoms with Gasteiger partial charge in [0.15, 0.2) is 0 Å². The molecule has 0 aliphatic carbocycles. The second-order valence-corrected chi connectivity index (χ2v) is 5.21. The molecule has 0 unspecified atom stereocenters. The Balaban J connectivity index is 2.42. The molecule has 0 spiro atoms. The molecule has 0 heterocycles. The molecule has 0 bridgehead atoms. The number of rotatable bonds is 4. The molecule has 0 aliphatic rings. The predicted octanol–water partition coefficient (Wildman–Crippen LogP) is 5.24. The Labute approximate surface area is 129 Å². The number of hydrogen-bond acceptors (Lipinski definition) is 3. The van der Waals surface area contributed by atoms with Crippen molar-refractivity contribution < 1.29 is 9.66 Å². The number of ether oxygens (including phenoxy) is 1. The van der Waals surface area contributed by atoms with E-state index < -0.39 is 4.92 Å². The normalized spacial score (nSPS) is 10.3. The first-order chi connectivity index (χ1) is 9.51. The smallest absolute Gasteiger partial charge is 0.313 e. The number of nitro benzene ring substituents is 1. The fourth-order valence-electron chi connectivity index (χ4n) is 1.75. The highest BCUT2D eigenvalue weighted by atomic mass is 79.9. The van der Waals surface area contributed by atoms with Crippen molar-refractivity contribution in [1.29, 1.82) is 0 Å². The van der Waals surface area contributed by atoms with E-state index in [4.69, 9.17) is 16.3 Å². The summed E-state index contributed by atoms with van der Waals surface area (Å²) in [5.74, 6) is 0.753. The lowest BCUT2D eigenvalue weighted by Gasteiger charge is -2.10. The average Bonchev–Trinajstić information content (AvgIpc) is 2.42. The molecule has 2 aromatic carbocycles. The molecule has 0 fully saturated rings. The Morgan fingerprint density at radius 2 is 1.95 bits per heavy atom. The molecule has 0 atom stereocenters. The Kier molecular flexibility index (Phi) is 4.62. The van der Waals surface area contributed by atoms with Gasteiger partial charge in [0.2, 0.25) is 5.75 Å². The lowest BCUT2D eigenvalue weighted by molar-refractivity contribution is -0.385. The molecule has 104 valence electrons. The monoisotopic (exact) mass is 355 g/mol. The Morgan fingerprint density at radius 3 is 2.60 bits per heavy atom. The van der Waals surface area contributed by atoms with Crippen LogP contribution < -0.4 is 4.74 Å². The number of benzene rings is 2. The number of nitrogens with zero attached hydrogens (tertiary/aromatic N) is 1. The van der Waals surface area contributed by atoms with Gasteiger partial charge in [0.1, 0.15) is 5.75 Å². The van der Waals surface area contributed by atoms with Gasteiger partial charge in [0, 0.05) is 22.0 Å². The summed E-state index contributed by atoms with van der Waals surface area (Å²) in [6.07, 6.45) is 0. The van der Waals surface area contributed by atoms with E-state index >= 15 is 0 Å². The highest BCUT2D eigenvalue weighted by Gasteiger charge is 2.17. The van der Waals surface area contributed by atoms with Gasteiger partial charge < -0.3 is 4.74 Å². The van der Waals surface area contributed by atoms with E-state index in [0.29, 0.717) is 16.1 Å². The lowest BCUT2D eigenvalue weighted by Crippen LogP contribution is -1.95. The molecule has 2 rings (SSSR count). The maximum absolute atomic E-state index is 11.0. The Bertz CT molecular complexity index is 661. The van der Waals surface area contributed by atoms with E-state index in [1.165, 1.54) is 12.1 Å². The zero-order valence-corrected chi connectivity index (χ0v) is 12.9. The molecule has 0 saturated heterocycles. The van der Waals surface area contributed by atoms with Crippen LogP contribution in [0.5, 0.6) is 11.5 Å². The largest absolute Gasteiger partial charge is 0.450 e. The quantitative estimate of drug-likeness (QED) is 0.427. The maximum atomic E-state index is 11.0. The molecule has 6 heteroatoms. The average molecular weight is 357 g/mol. The van der Waals surface area contributed by atoms with Gasteiger partial charge in [0.25, 0.3) is 0 Å². The highest BCUT2D eigenvalue weighted by Crippen LogP contribution is 2.35. The van der Waals surface area contributed by atoms with Gasteiger partial charge in [-0.25, -0.2) is 0 Å². The summed E-state index contributed by atoms with van der Waals surface area (Å²) >= 11 is 9.16. The first-order valence-corrected chi connectivity index (χ1v) is 7.28. The second-order valence-electron chi connectivity index (χ2n) is 4.22. The maximum Gasteiger partial charge on any atom is 0.313 e. The van der Waals surface area contributed by atoms with Gasteiger partial charge in [-0.2, -0.15) is 0 Å². The van der Waals surface area contributed by atoms with Crippen LogP contribution in [0.1, 0.15) is 11.1 Å². The summed E-state index contributed by atoms with van der Waals surface area (Å²) in [5, 5.41) is 11.9. The van der Waals surface area contributed by atoms with Crippen molar-refractivity contribution in [3.63, 3.8) is 0 Å². The summed E-state index contributed by atoms with van der Waals surface area (Å²) in [6, 6.07) is 9.99. The van der Waals surface area contributed by atoms with Gasteiger partial charge in [-0.1, -0.05) is 45.2 Å². The minimum Gasteiger partial charge on any atom is -0.450 e. The molecule has 0 saturated carbocycles. The number of nitro groups is 1. The van der Waals surface area contributed by atoms with Crippen molar-refractivity contribution in [2.24, 2.45) is 0 Å². The van der Waals surface area contributed by atoms with Crippen LogP contribution in [0.4, 0.5) is 5.69 Å². The number of alkyl halides is 1. The summed E-state index contributed by atoms with van der Waals surface area (Å²) < 4.78 is 5.67. The SMILES string of the molecule is Cc1ccc(Oc2ccc(Cl)cc2[N+](=O)[O-])c(CBr)c1. The van der Waals surface area contributed by atoms with Crippen LogP contribution >= 0.6 is 27.5 Å². The standard InChI is InChI=1S/C14H11BrClNO3/c1-9-2-4-13(10(6-9)8-15)20-14-5-3-11(16)7-12(14)17(18)19/h2-7H,8H2,1H3. The summed E-state index contributed by atoms with van der Waals surface area (Å²) in [6.45, 7) is 1.97. The summed E-state index contributed by atoms with van der Waals surface area (Å²) in [5.41, 5.74) is 1.87. The van der Waals surface area contributed by atoms with Crippen LogP contribution in [-0.2, 0) is 5.33 Å². The molecule has 0 aromatic heterocycles. The van der Waals surface area contributed by atoms with E-state index in [0.717, 1.165) is 11.1 Å². The van der Waals surface area contributed by atoms with Crippen molar-refractivity contribution in [2.75, 3.05) is 0 Å². The van der Waals surface area contributed by atoms with Gasteiger partial charge >= 0.3 is 5.69 Å². The topological polar surface area (TPSA) is 52.4 Å². The van der Waals surface area contributed by atoms with Crippen LogP contribution in [-0.4, -0.2) is 4.92 Å². The Morgan fingerprint density at radius 1 is 1.25 bits per heavy atom. The predicted molar refractivity (Wildman–Crippen MR) is 82.0 cm³/mol. The van der Waals surface area contributed by atoms with Crippen LogP contribution in [0.25, 0.3) is 0 Å². The molecule has 0 radical (unpaired) electrons. The third-order valence-corrected chi connectivity index (χ3v) is 3.54. The molecular formula is C14H11BrClNO3. The van der Waals surface area contributed by atoms with Gasteiger partial charge in [-0.3, -0.25) is 10.1 Å².